The fourth-order valence-corrected chi connectivity index (χ4v) is 2.12. The molecule has 1 aliphatic rings. The van der Waals surface area contributed by atoms with E-state index in [4.69, 9.17) is 16.3 Å². The van der Waals surface area contributed by atoms with Gasteiger partial charge in [-0.15, -0.1) is 0 Å². The molecule has 1 aromatic rings. The maximum absolute atomic E-state index is 12.9. The molecule has 2 N–H and O–H groups in total. The van der Waals surface area contributed by atoms with Crippen LogP contribution in [0.1, 0.15) is 13.3 Å². The Morgan fingerprint density at radius 1 is 1.63 bits per heavy atom. The van der Waals surface area contributed by atoms with Gasteiger partial charge in [0.15, 0.2) is 6.10 Å². The molecule has 0 radical (unpaired) electrons. The standard InChI is InChI=1S/C13H16ClFN2O2/c1-8(13(18)17-10-4-5-16-7-10)19-12-3-2-9(15)6-11(12)14/h2-3,6,8,10,16H,4-5,7H2,1H3,(H,17,18). The van der Waals surface area contributed by atoms with Crippen LogP contribution in [0, 0.1) is 5.82 Å². The van der Waals surface area contributed by atoms with Gasteiger partial charge in [0.05, 0.1) is 5.02 Å². The highest BCUT2D eigenvalue weighted by molar-refractivity contribution is 6.32. The van der Waals surface area contributed by atoms with Crippen molar-refractivity contribution in [3.8, 4) is 5.75 Å². The van der Waals surface area contributed by atoms with E-state index in [1.165, 1.54) is 12.1 Å². The molecule has 4 nitrogen and oxygen atoms in total. The summed E-state index contributed by atoms with van der Waals surface area (Å²) in [6.07, 6.45) is 0.235. The molecule has 2 rings (SSSR count). The van der Waals surface area contributed by atoms with Crippen LogP contribution in [-0.2, 0) is 4.79 Å². The SMILES string of the molecule is CC(Oc1ccc(F)cc1Cl)C(=O)NC1CCNC1. The molecule has 2 atom stereocenters. The summed E-state index contributed by atoms with van der Waals surface area (Å²) in [6, 6.07) is 3.95. The lowest BCUT2D eigenvalue weighted by molar-refractivity contribution is -0.127. The molecule has 1 saturated heterocycles. The molecule has 0 saturated carbocycles. The molecule has 1 amide bonds. The molecule has 104 valence electrons. The van der Waals surface area contributed by atoms with Gasteiger partial charge in [-0.3, -0.25) is 4.79 Å². The molecular weight excluding hydrogens is 271 g/mol. The Bertz CT molecular complexity index is 464. The summed E-state index contributed by atoms with van der Waals surface area (Å²) in [5, 5.41) is 6.20. The van der Waals surface area contributed by atoms with Crippen LogP contribution in [0.5, 0.6) is 5.75 Å². The van der Waals surface area contributed by atoms with E-state index in [0.29, 0.717) is 5.75 Å². The van der Waals surface area contributed by atoms with Gasteiger partial charge in [-0.05, 0) is 38.1 Å². The summed E-state index contributed by atoms with van der Waals surface area (Å²) in [7, 11) is 0. The number of ether oxygens (including phenoxy) is 1. The Kier molecular flexibility index (Phi) is 4.61. The third-order valence-electron chi connectivity index (χ3n) is 2.97. The molecule has 1 aromatic carbocycles. The van der Waals surface area contributed by atoms with E-state index >= 15 is 0 Å². The molecule has 19 heavy (non-hydrogen) atoms. The minimum absolute atomic E-state index is 0.141. The van der Waals surface area contributed by atoms with Gasteiger partial charge in [0.25, 0.3) is 5.91 Å². The topological polar surface area (TPSA) is 50.4 Å². The lowest BCUT2D eigenvalue weighted by Crippen LogP contribution is -2.43. The molecule has 0 spiro atoms. The van der Waals surface area contributed by atoms with Crippen LogP contribution in [-0.4, -0.2) is 31.1 Å². The van der Waals surface area contributed by atoms with Crippen LogP contribution in [0.3, 0.4) is 0 Å². The molecule has 1 heterocycles. The highest BCUT2D eigenvalue weighted by Gasteiger charge is 2.22. The first-order chi connectivity index (χ1) is 9.06. The molecular formula is C13H16ClFN2O2. The highest BCUT2D eigenvalue weighted by atomic mass is 35.5. The van der Waals surface area contributed by atoms with E-state index in [2.05, 4.69) is 10.6 Å². The second-order valence-electron chi connectivity index (χ2n) is 4.53. The molecule has 1 fully saturated rings. The van der Waals surface area contributed by atoms with Crippen molar-refractivity contribution >= 4 is 17.5 Å². The number of amides is 1. The largest absolute Gasteiger partial charge is 0.479 e. The lowest BCUT2D eigenvalue weighted by Gasteiger charge is -2.18. The van der Waals surface area contributed by atoms with E-state index < -0.39 is 11.9 Å². The number of nitrogens with one attached hydrogen (secondary N) is 2. The molecule has 0 aliphatic carbocycles. The third-order valence-corrected chi connectivity index (χ3v) is 3.27. The zero-order valence-electron chi connectivity index (χ0n) is 10.6. The average Bonchev–Trinajstić information content (AvgIpc) is 2.85. The van der Waals surface area contributed by atoms with Gasteiger partial charge in [0, 0.05) is 12.6 Å². The van der Waals surface area contributed by atoms with Crippen molar-refractivity contribution in [3.05, 3.63) is 29.0 Å². The van der Waals surface area contributed by atoms with E-state index in [1.54, 1.807) is 6.92 Å². The monoisotopic (exact) mass is 286 g/mol. The molecule has 0 bridgehead atoms. The molecule has 6 heteroatoms. The summed E-state index contributed by atoms with van der Waals surface area (Å²) < 4.78 is 18.3. The Morgan fingerprint density at radius 3 is 3.05 bits per heavy atom. The number of hydrogen-bond acceptors (Lipinski definition) is 3. The number of halogens is 2. The van der Waals surface area contributed by atoms with Crippen molar-refractivity contribution in [2.75, 3.05) is 13.1 Å². The van der Waals surface area contributed by atoms with Gasteiger partial charge in [0.1, 0.15) is 11.6 Å². The Hall–Kier alpha value is -1.33. The summed E-state index contributed by atoms with van der Waals surface area (Å²) in [5.74, 6) is -0.337. The Balaban J connectivity index is 1.92. The van der Waals surface area contributed by atoms with E-state index in [1.807, 2.05) is 0 Å². The van der Waals surface area contributed by atoms with E-state index in [-0.39, 0.29) is 17.0 Å². The second-order valence-corrected chi connectivity index (χ2v) is 4.94. The van der Waals surface area contributed by atoms with E-state index in [9.17, 15) is 9.18 Å². The zero-order chi connectivity index (χ0) is 13.8. The number of carbonyl (C=O) groups excluding carboxylic acids is 1. The van der Waals surface area contributed by atoms with Gasteiger partial charge in [-0.25, -0.2) is 4.39 Å². The quantitative estimate of drug-likeness (QED) is 0.886. The van der Waals surface area contributed by atoms with Crippen LogP contribution >= 0.6 is 11.6 Å². The summed E-state index contributed by atoms with van der Waals surface area (Å²) in [5.41, 5.74) is 0. The third kappa shape index (κ3) is 3.81. The number of hydrogen-bond donors (Lipinski definition) is 2. The first-order valence-electron chi connectivity index (χ1n) is 6.19. The van der Waals surface area contributed by atoms with Crippen LogP contribution < -0.4 is 15.4 Å². The second kappa shape index (κ2) is 6.21. The van der Waals surface area contributed by atoms with Crippen molar-refractivity contribution in [3.63, 3.8) is 0 Å². The van der Waals surface area contributed by atoms with Crippen molar-refractivity contribution in [2.24, 2.45) is 0 Å². The fraction of sp³-hybridized carbons (Fsp3) is 0.462. The maximum Gasteiger partial charge on any atom is 0.261 e. The fourth-order valence-electron chi connectivity index (χ4n) is 1.91. The van der Waals surface area contributed by atoms with Crippen molar-refractivity contribution in [2.45, 2.75) is 25.5 Å². The normalized spacial score (nSPS) is 20.1. The Morgan fingerprint density at radius 2 is 2.42 bits per heavy atom. The number of carbonyl (C=O) groups is 1. The van der Waals surface area contributed by atoms with Crippen molar-refractivity contribution in [1.82, 2.24) is 10.6 Å². The number of benzene rings is 1. The molecule has 1 aliphatic heterocycles. The predicted octanol–water partition coefficient (Wildman–Crippen LogP) is 1.72. The van der Waals surface area contributed by atoms with Crippen LogP contribution in [0.15, 0.2) is 18.2 Å². The number of rotatable bonds is 4. The first-order valence-corrected chi connectivity index (χ1v) is 6.57. The summed E-state index contributed by atoms with van der Waals surface area (Å²) >= 11 is 5.84. The van der Waals surface area contributed by atoms with Gasteiger partial charge in [0.2, 0.25) is 0 Å². The minimum atomic E-state index is -0.677. The van der Waals surface area contributed by atoms with Gasteiger partial charge < -0.3 is 15.4 Å². The Labute approximate surface area is 116 Å². The summed E-state index contributed by atoms with van der Waals surface area (Å²) in [6.45, 7) is 3.32. The lowest BCUT2D eigenvalue weighted by atomic mass is 10.2. The molecule has 0 aromatic heterocycles. The van der Waals surface area contributed by atoms with Gasteiger partial charge in [-0.1, -0.05) is 11.6 Å². The van der Waals surface area contributed by atoms with Gasteiger partial charge in [-0.2, -0.15) is 0 Å². The highest BCUT2D eigenvalue weighted by Crippen LogP contribution is 2.25. The van der Waals surface area contributed by atoms with Crippen LogP contribution in [0.25, 0.3) is 0 Å². The summed E-state index contributed by atoms with van der Waals surface area (Å²) in [4.78, 5) is 11.9. The van der Waals surface area contributed by atoms with Crippen LogP contribution in [0.2, 0.25) is 5.02 Å². The van der Waals surface area contributed by atoms with Crippen molar-refractivity contribution < 1.29 is 13.9 Å². The van der Waals surface area contributed by atoms with Gasteiger partial charge >= 0.3 is 0 Å². The van der Waals surface area contributed by atoms with Crippen molar-refractivity contribution in [1.29, 1.82) is 0 Å². The van der Waals surface area contributed by atoms with Crippen LogP contribution in [0.4, 0.5) is 4.39 Å². The zero-order valence-corrected chi connectivity index (χ0v) is 11.3. The predicted molar refractivity (Wildman–Crippen MR) is 70.9 cm³/mol. The first kappa shape index (κ1) is 14.1. The minimum Gasteiger partial charge on any atom is -0.479 e. The average molecular weight is 287 g/mol. The maximum atomic E-state index is 12.9. The van der Waals surface area contributed by atoms with E-state index in [0.717, 1.165) is 25.6 Å². The molecule has 2 unspecified atom stereocenters. The smallest absolute Gasteiger partial charge is 0.261 e.